The topological polar surface area (TPSA) is 15.3 Å². The van der Waals surface area contributed by atoms with E-state index >= 15 is 0 Å². The lowest BCUT2D eigenvalue weighted by molar-refractivity contribution is 0.148. The van der Waals surface area contributed by atoms with Crippen LogP contribution in [0.1, 0.15) is 50.6 Å². The monoisotopic (exact) mass is 328 g/mol. The summed E-state index contributed by atoms with van der Waals surface area (Å²) in [6.07, 6.45) is 6.23. The standard InChI is InChI=1S/C17H26Cl2N2/c1-4-16(14-8-7-13(18)11-15(14)19)20-12-17(21(2)3)9-5-6-10-17/h7-8,11,16,20H,4-6,9-10,12H2,1-3H3. The summed E-state index contributed by atoms with van der Waals surface area (Å²) in [4.78, 5) is 2.39. The Bertz CT molecular complexity index is 468. The summed E-state index contributed by atoms with van der Waals surface area (Å²) in [5, 5.41) is 5.19. The molecule has 0 spiro atoms. The van der Waals surface area contributed by atoms with Crippen molar-refractivity contribution in [1.29, 1.82) is 0 Å². The Balaban J connectivity index is 2.08. The molecular weight excluding hydrogens is 303 g/mol. The second-order valence-electron chi connectivity index (χ2n) is 6.33. The van der Waals surface area contributed by atoms with Crippen molar-refractivity contribution >= 4 is 23.2 Å². The molecule has 0 bridgehead atoms. The number of halogens is 2. The van der Waals surface area contributed by atoms with Crippen LogP contribution in [0.15, 0.2) is 18.2 Å². The Hall–Kier alpha value is -0.280. The molecule has 0 aliphatic heterocycles. The van der Waals surface area contributed by atoms with E-state index in [1.165, 1.54) is 25.7 Å². The van der Waals surface area contributed by atoms with Gasteiger partial charge in [-0.15, -0.1) is 0 Å². The van der Waals surface area contributed by atoms with Crippen molar-refractivity contribution in [3.63, 3.8) is 0 Å². The zero-order valence-electron chi connectivity index (χ0n) is 13.3. The molecule has 0 amide bonds. The van der Waals surface area contributed by atoms with Crippen molar-refractivity contribution in [1.82, 2.24) is 10.2 Å². The minimum absolute atomic E-state index is 0.284. The van der Waals surface area contributed by atoms with Crippen LogP contribution in [0, 0.1) is 0 Å². The summed E-state index contributed by atoms with van der Waals surface area (Å²) in [7, 11) is 4.40. The van der Waals surface area contributed by atoms with Crippen molar-refractivity contribution < 1.29 is 0 Å². The molecule has 1 N–H and O–H groups in total. The van der Waals surface area contributed by atoms with Gasteiger partial charge >= 0.3 is 0 Å². The zero-order chi connectivity index (χ0) is 15.5. The SMILES string of the molecule is CCC(NCC1(N(C)C)CCCC1)c1ccc(Cl)cc1Cl. The van der Waals surface area contributed by atoms with Gasteiger partial charge in [-0.05, 0) is 51.1 Å². The molecule has 0 radical (unpaired) electrons. The molecule has 1 atom stereocenters. The minimum atomic E-state index is 0.284. The predicted octanol–water partition coefficient (Wildman–Crippen LogP) is 4.91. The van der Waals surface area contributed by atoms with E-state index < -0.39 is 0 Å². The molecule has 1 saturated carbocycles. The first-order valence-electron chi connectivity index (χ1n) is 7.84. The van der Waals surface area contributed by atoms with Gasteiger partial charge in [0, 0.05) is 28.2 Å². The van der Waals surface area contributed by atoms with Crippen molar-refractivity contribution in [3.8, 4) is 0 Å². The summed E-state index contributed by atoms with van der Waals surface area (Å²) in [6, 6.07) is 6.08. The Morgan fingerprint density at radius 2 is 1.90 bits per heavy atom. The van der Waals surface area contributed by atoms with Gasteiger partial charge in [0.05, 0.1) is 0 Å². The maximum Gasteiger partial charge on any atom is 0.0468 e. The molecule has 4 heteroatoms. The first-order chi connectivity index (χ1) is 9.98. The molecule has 0 aromatic heterocycles. The molecule has 118 valence electrons. The molecule has 0 saturated heterocycles. The lowest BCUT2D eigenvalue weighted by atomic mass is 9.94. The fourth-order valence-corrected chi connectivity index (χ4v) is 3.93. The van der Waals surface area contributed by atoms with Crippen LogP contribution < -0.4 is 5.32 Å². The highest BCUT2D eigenvalue weighted by atomic mass is 35.5. The summed E-state index contributed by atoms with van der Waals surface area (Å²) < 4.78 is 0. The van der Waals surface area contributed by atoms with E-state index in [9.17, 15) is 0 Å². The van der Waals surface area contributed by atoms with Crippen LogP contribution in [0.2, 0.25) is 10.0 Å². The lowest BCUT2D eigenvalue weighted by Gasteiger charge is -2.38. The summed E-state index contributed by atoms with van der Waals surface area (Å²) in [6.45, 7) is 3.21. The maximum atomic E-state index is 6.36. The first kappa shape index (κ1) is 17.1. The van der Waals surface area contributed by atoms with Gasteiger partial charge in [-0.25, -0.2) is 0 Å². The van der Waals surface area contributed by atoms with E-state index in [1.54, 1.807) is 0 Å². The normalized spacial score (nSPS) is 19.1. The van der Waals surface area contributed by atoms with Crippen LogP contribution in [-0.4, -0.2) is 31.1 Å². The third-order valence-corrected chi connectivity index (χ3v) is 5.47. The van der Waals surface area contributed by atoms with Gasteiger partial charge in [0.2, 0.25) is 0 Å². The lowest BCUT2D eigenvalue weighted by Crippen LogP contribution is -2.50. The molecule has 1 aliphatic carbocycles. The van der Waals surface area contributed by atoms with E-state index in [1.807, 2.05) is 18.2 Å². The molecule has 1 aromatic carbocycles. The van der Waals surface area contributed by atoms with E-state index in [0.717, 1.165) is 23.6 Å². The van der Waals surface area contributed by atoms with Gasteiger partial charge in [0.1, 0.15) is 0 Å². The second kappa shape index (κ2) is 7.32. The van der Waals surface area contributed by atoms with Gasteiger partial charge in [0.15, 0.2) is 0 Å². The zero-order valence-corrected chi connectivity index (χ0v) is 14.8. The average Bonchev–Trinajstić information content (AvgIpc) is 2.91. The quantitative estimate of drug-likeness (QED) is 0.798. The van der Waals surface area contributed by atoms with Crippen LogP contribution >= 0.6 is 23.2 Å². The largest absolute Gasteiger partial charge is 0.308 e. The molecule has 1 aromatic rings. The summed E-state index contributed by atoms with van der Waals surface area (Å²) in [5.74, 6) is 0. The highest BCUT2D eigenvalue weighted by molar-refractivity contribution is 6.35. The van der Waals surface area contributed by atoms with E-state index in [0.29, 0.717) is 10.6 Å². The first-order valence-corrected chi connectivity index (χ1v) is 8.60. The molecular formula is C17H26Cl2N2. The molecule has 1 aliphatic rings. The van der Waals surface area contributed by atoms with Crippen molar-refractivity contribution in [2.24, 2.45) is 0 Å². The highest BCUT2D eigenvalue weighted by Crippen LogP contribution is 2.34. The molecule has 1 fully saturated rings. The Kier molecular flexibility index (Phi) is 5.96. The number of benzene rings is 1. The molecule has 21 heavy (non-hydrogen) atoms. The molecule has 2 nitrogen and oxygen atoms in total. The fourth-order valence-electron chi connectivity index (χ4n) is 3.39. The van der Waals surface area contributed by atoms with Crippen LogP contribution in [-0.2, 0) is 0 Å². The third-order valence-electron chi connectivity index (χ3n) is 4.91. The van der Waals surface area contributed by atoms with Crippen LogP contribution in [0.25, 0.3) is 0 Å². The van der Waals surface area contributed by atoms with Gasteiger partial charge < -0.3 is 10.2 Å². The summed E-state index contributed by atoms with van der Waals surface area (Å²) >= 11 is 12.4. The van der Waals surface area contributed by atoms with Crippen LogP contribution in [0.5, 0.6) is 0 Å². The number of nitrogens with zero attached hydrogens (tertiary/aromatic N) is 1. The van der Waals surface area contributed by atoms with Crippen molar-refractivity contribution in [3.05, 3.63) is 33.8 Å². The predicted molar refractivity (Wildman–Crippen MR) is 92.4 cm³/mol. The van der Waals surface area contributed by atoms with Crippen LogP contribution in [0.3, 0.4) is 0 Å². The Morgan fingerprint density at radius 3 is 2.43 bits per heavy atom. The summed E-state index contributed by atoms with van der Waals surface area (Å²) in [5.41, 5.74) is 1.45. The van der Waals surface area contributed by atoms with Gasteiger partial charge in [-0.1, -0.05) is 49.0 Å². The van der Waals surface area contributed by atoms with Gasteiger partial charge in [0.25, 0.3) is 0 Å². The number of nitrogens with one attached hydrogen (secondary N) is 1. The number of hydrogen-bond donors (Lipinski definition) is 1. The van der Waals surface area contributed by atoms with Crippen LogP contribution in [0.4, 0.5) is 0 Å². The maximum absolute atomic E-state index is 6.36. The Labute approximate surface area is 138 Å². The van der Waals surface area contributed by atoms with Gasteiger partial charge in [-0.2, -0.15) is 0 Å². The van der Waals surface area contributed by atoms with E-state index in [4.69, 9.17) is 23.2 Å². The van der Waals surface area contributed by atoms with E-state index in [2.05, 4.69) is 31.2 Å². The molecule has 2 rings (SSSR count). The smallest absolute Gasteiger partial charge is 0.0468 e. The highest BCUT2D eigenvalue weighted by Gasteiger charge is 2.36. The number of likely N-dealkylation sites (N-methyl/N-ethyl adjacent to an activating group) is 1. The van der Waals surface area contributed by atoms with E-state index in [-0.39, 0.29) is 6.04 Å². The van der Waals surface area contributed by atoms with Crippen molar-refractivity contribution in [2.75, 3.05) is 20.6 Å². The third kappa shape index (κ3) is 3.92. The molecule has 1 unspecified atom stereocenters. The number of hydrogen-bond acceptors (Lipinski definition) is 2. The van der Waals surface area contributed by atoms with Crippen molar-refractivity contribution in [2.45, 2.75) is 50.6 Å². The molecule has 0 heterocycles. The number of rotatable bonds is 6. The Morgan fingerprint density at radius 1 is 1.24 bits per heavy atom. The average molecular weight is 329 g/mol. The second-order valence-corrected chi connectivity index (χ2v) is 7.18. The van der Waals surface area contributed by atoms with Gasteiger partial charge in [-0.3, -0.25) is 0 Å². The minimum Gasteiger partial charge on any atom is -0.308 e. The fraction of sp³-hybridized carbons (Fsp3) is 0.647.